The molecule has 0 bridgehead atoms. The number of alkyl halides is 3. The first kappa shape index (κ1) is 25.0. The van der Waals surface area contributed by atoms with Crippen LogP contribution in [0.5, 0.6) is 0 Å². The lowest BCUT2D eigenvalue weighted by molar-refractivity contribution is -0.143. The summed E-state index contributed by atoms with van der Waals surface area (Å²) < 4.78 is 63.4. The lowest BCUT2D eigenvalue weighted by atomic mass is 10.3. The molecule has 27 heavy (non-hydrogen) atoms. The summed E-state index contributed by atoms with van der Waals surface area (Å²) in [5.74, 6) is 1.99. The van der Waals surface area contributed by atoms with Crippen LogP contribution in [-0.4, -0.2) is 99.4 Å². The summed E-state index contributed by atoms with van der Waals surface area (Å²) >= 11 is 1.74. The smallest absolute Gasteiger partial charge is 0.355 e. The highest BCUT2D eigenvalue weighted by atomic mass is 127. The fraction of sp³-hybridized carbons (Fsp3) is 0.929. The molecule has 0 aromatic heterocycles. The number of thioether (sulfide) groups is 1. The van der Waals surface area contributed by atoms with Gasteiger partial charge in [0.15, 0.2) is 5.96 Å². The molecule has 0 aromatic rings. The van der Waals surface area contributed by atoms with E-state index in [0.29, 0.717) is 32.0 Å². The predicted molar refractivity (Wildman–Crippen MR) is 113 cm³/mol. The zero-order chi connectivity index (χ0) is 19.2. The molecule has 2 aliphatic heterocycles. The Morgan fingerprint density at radius 1 is 1.26 bits per heavy atom. The average molecular weight is 545 g/mol. The Hall–Kier alpha value is 0.01000. The number of guanidine groups is 1. The number of likely N-dealkylation sites (tertiary alicyclic amines) is 1. The number of sulfonamides is 1. The monoisotopic (exact) mass is 545 g/mol. The van der Waals surface area contributed by atoms with Gasteiger partial charge in [-0.1, -0.05) is 0 Å². The Balaban J connectivity index is 0.00000364. The highest BCUT2D eigenvalue weighted by Gasteiger charge is 2.34. The molecule has 0 aromatic carbocycles. The highest BCUT2D eigenvalue weighted by molar-refractivity contribution is 14.0. The van der Waals surface area contributed by atoms with E-state index in [9.17, 15) is 21.6 Å². The molecule has 0 amide bonds. The Labute approximate surface area is 180 Å². The van der Waals surface area contributed by atoms with Crippen molar-refractivity contribution in [2.45, 2.75) is 18.6 Å². The molecular weight excluding hydrogens is 518 g/mol. The molecule has 1 unspecified atom stereocenters. The van der Waals surface area contributed by atoms with Crippen LogP contribution in [0.4, 0.5) is 13.2 Å². The van der Waals surface area contributed by atoms with Gasteiger partial charge in [0.2, 0.25) is 10.0 Å². The van der Waals surface area contributed by atoms with Crippen LogP contribution < -0.4 is 10.6 Å². The molecule has 0 spiro atoms. The van der Waals surface area contributed by atoms with Crippen molar-refractivity contribution in [3.8, 4) is 0 Å². The summed E-state index contributed by atoms with van der Waals surface area (Å²) in [6, 6.07) is -0.140. The van der Waals surface area contributed by atoms with E-state index in [-0.39, 0.29) is 48.9 Å². The van der Waals surface area contributed by atoms with Gasteiger partial charge >= 0.3 is 6.18 Å². The van der Waals surface area contributed by atoms with Crippen molar-refractivity contribution < 1.29 is 21.6 Å². The van der Waals surface area contributed by atoms with Crippen molar-refractivity contribution in [2.75, 3.05) is 63.6 Å². The van der Waals surface area contributed by atoms with Gasteiger partial charge in [-0.2, -0.15) is 24.9 Å². The minimum atomic E-state index is -4.20. The van der Waals surface area contributed by atoms with E-state index in [1.54, 1.807) is 18.8 Å². The zero-order valence-corrected chi connectivity index (χ0v) is 19.1. The molecule has 0 radical (unpaired) electrons. The first-order valence-corrected chi connectivity index (χ1v) is 11.3. The molecule has 160 valence electrons. The van der Waals surface area contributed by atoms with E-state index in [0.717, 1.165) is 11.5 Å². The fourth-order valence-electron chi connectivity index (χ4n) is 2.99. The third kappa shape index (κ3) is 8.92. The SMILES string of the molecule is CN=C(NCCS(=O)(=O)N1CCSCC1)NC1CCN(CC(F)(F)F)C1.I. The largest absolute Gasteiger partial charge is 0.401 e. The second kappa shape index (κ2) is 11.3. The maximum atomic E-state index is 12.4. The molecule has 7 nitrogen and oxygen atoms in total. The summed E-state index contributed by atoms with van der Waals surface area (Å²) in [4.78, 5) is 5.38. The van der Waals surface area contributed by atoms with Gasteiger partial charge in [-0.15, -0.1) is 24.0 Å². The summed E-state index contributed by atoms with van der Waals surface area (Å²) in [5.41, 5.74) is 0. The molecule has 0 aliphatic carbocycles. The molecule has 2 aliphatic rings. The fourth-order valence-corrected chi connectivity index (χ4v) is 5.48. The summed E-state index contributed by atoms with van der Waals surface area (Å²) in [7, 11) is -1.75. The number of nitrogens with one attached hydrogen (secondary N) is 2. The molecule has 13 heteroatoms. The number of rotatable bonds is 6. The zero-order valence-electron chi connectivity index (χ0n) is 15.2. The topological polar surface area (TPSA) is 77.0 Å². The van der Waals surface area contributed by atoms with Gasteiger partial charge in [-0.05, 0) is 6.42 Å². The molecule has 0 saturated carbocycles. The number of nitrogens with zero attached hydrogens (tertiary/aromatic N) is 3. The van der Waals surface area contributed by atoms with Crippen molar-refractivity contribution in [3.05, 3.63) is 0 Å². The minimum absolute atomic E-state index is 0. The Kier molecular flexibility index (Phi) is 10.4. The first-order chi connectivity index (χ1) is 12.2. The first-order valence-electron chi connectivity index (χ1n) is 8.51. The molecular formula is C14H27F3IN5O2S2. The Morgan fingerprint density at radius 2 is 1.93 bits per heavy atom. The van der Waals surface area contributed by atoms with Crippen LogP contribution in [0.25, 0.3) is 0 Å². The summed E-state index contributed by atoms with van der Waals surface area (Å²) in [6.45, 7) is 1.02. The molecule has 1 atom stereocenters. The van der Waals surface area contributed by atoms with Crippen molar-refractivity contribution in [1.82, 2.24) is 19.8 Å². The van der Waals surface area contributed by atoms with Crippen LogP contribution in [0.1, 0.15) is 6.42 Å². The van der Waals surface area contributed by atoms with Crippen LogP contribution in [0.3, 0.4) is 0 Å². The van der Waals surface area contributed by atoms with Gasteiger partial charge < -0.3 is 10.6 Å². The van der Waals surface area contributed by atoms with E-state index in [2.05, 4.69) is 15.6 Å². The van der Waals surface area contributed by atoms with Crippen LogP contribution in [-0.2, 0) is 10.0 Å². The molecule has 2 rings (SSSR count). The standard InChI is InChI=1S/C14H26F3N5O2S2.HI/c1-18-13(20-12-2-4-21(10-12)11-14(15,16)17)19-3-9-26(23,24)22-5-7-25-8-6-22;/h12H,2-11H2,1H3,(H2,18,19,20);1H. The third-order valence-corrected chi connectivity index (χ3v) is 7.07. The second-order valence-corrected chi connectivity index (χ2v) is 9.62. The Morgan fingerprint density at radius 3 is 2.52 bits per heavy atom. The van der Waals surface area contributed by atoms with Gasteiger partial charge in [0, 0.05) is 57.3 Å². The van der Waals surface area contributed by atoms with Crippen molar-refractivity contribution in [1.29, 1.82) is 0 Å². The average Bonchev–Trinajstić information content (AvgIpc) is 2.99. The number of aliphatic imine (C=N–C) groups is 1. The van der Waals surface area contributed by atoms with Gasteiger partial charge in [0.1, 0.15) is 0 Å². The minimum Gasteiger partial charge on any atom is -0.355 e. The van der Waals surface area contributed by atoms with E-state index < -0.39 is 22.7 Å². The van der Waals surface area contributed by atoms with E-state index in [1.807, 2.05) is 0 Å². The van der Waals surface area contributed by atoms with Crippen LogP contribution in [0.15, 0.2) is 4.99 Å². The molecule has 2 N–H and O–H groups in total. The maximum Gasteiger partial charge on any atom is 0.401 e. The van der Waals surface area contributed by atoms with Crippen molar-refractivity contribution in [3.63, 3.8) is 0 Å². The maximum absolute atomic E-state index is 12.4. The third-order valence-electron chi connectivity index (χ3n) is 4.26. The van der Waals surface area contributed by atoms with E-state index in [1.165, 1.54) is 9.21 Å². The number of hydrogen-bond acceptors (Lipinski definition) is 5. The summed E-state index contributed by atoms with van der Waals surface area (Å²) in [6.07, 6.45) is -3.61. The van der Waals surface area contributed by atoms with Gasteiger partial charge in [-0.3, -0.25) is 9.89 Å². The quantitative estimate of drug-likeness (QED) is 0.292. The Bertz CT molecular complexity index is 586. The lowest BCUT2D eigenvalue weighted by Crippen LogP contribution is -2.47. The van der Waals surface area contributed by atoms with Crippen LogP contribution in [0, 0.1) is 0 Å². The normalized spacial score (nSPS) is 23.1. The van der Waals surface area contributed by atoms with Gasteiger partial charge in [0.05, 0.1) is 12.3 Å². The highest BCUT2D eigenvalue weighted by Crippen LogP contribution is 2.20. The van der Waals surface area contributed by atoms with Gasteiger partial charge in [0.25, 0.3) is 0 Å². The number of halogens is 4. The van der Waals surface area contributed by atoms with Gasteiger partial charge in [-0.25, -0.2) is 12.7 Å². The summed E-state index contributed by atoms with van der Waals surface area (Å²) in [5, 5.41) is 6.01. The molecule has 2 saturated heterocycles. The van der Waals surface area contributed by atoms with E-state index >= 15 is 0 Å². The number of hydrogen-bond donors (Lipinski definition) is 2. The predicted octanol–water partition coefficient (Wildman–Crippen LogP) is 0.785. The lowest BCUT2D eigenvalue weighted by Gasteiger charge is -2.26. The molecule has 2 fully saturated rings. The van der Waals surface area contributed by atoms with Crippen LogP contribution >= 0.6 is 35.7 Å². The molecule has 2 heterocycles. The second-order valence-electron chi connectivity index (χ2n) is 6.31. The van der Waals surface area contributed by atoms with Crippen molar-refractivity contribution in [2.24, 2.45) is 4.99 Å². The van der Waals surface area contributed by atoms with E-state index in [4.69, 9.17) is 0 Å². The van der Waals surface area contributed by atoms with Crippen LogP contribution in [0.2, 0.25) is 0 Å². The van der Waals surface area contributed by atoms with Crippen molar-refractivity contribution >= 4 is 51.7 Å².